The lowest BCUT2D eigenvalue weighted by atomic mass is 10.1. The van der Waals surface area contributed by atoms with Crippen molar-refractivity contribution >= 4 is 17.8 Å². The van der Waals surface area contributed by atoms with Gasteiger partial charge in [0, 0.05) is 19.6 Å². The number of nitrogens with zero attached hydrogens (tertiary/aromatic N) is 2. The number of rotatable bonds is 5. The summed E-state index contributed by atoms with van der Waals surface area (Å²) in [5.74, 6) is -2.32. The molecule has 1 atom stereocenters. The minimum atomic E-state index is -1.18. The van der Waals surface area contributed by atoms with E-state index in [1.54, 1.807) is 0 Å². The van der Waals surface area contributed by atoms with E-state index in [2.05, 4.69) is 6.58 Å². The Morgan fingerprint density at radius 3 is 2.44 bits per heavy atom. The zero-order chi connectivity index (χ0) is 13.9. The molecule has 0 aliphatic carbocycles. The minimum Gasteiger partial charge on any atom is -0.479 e. The van der Waals surface area contributed by atoms with E-state index in [9.17, 15) is 14.4 Å². The van der Waals surface area contributed by atoms with Crippen LogP contribution in [-0.4, -0.2) is 58.4 Å². The topological polar surface area (TPSA) is 77.9 Å². The lowest BCUT2D eigenvalue weighted by Gasteiger charge is -2.36. The molecule has 1 N–H and O–H groups in total. The van der Waals surface area contributed by atoms with E-state index in [4.69, 9.17) is 5.11 Å². The molecule has 0 aromatic rings. The van der Waals surface area contributed by atoms with Gasteiger partial charge in [-0.05, 0) is 5.92 Å². The van der Waals surface area contributed by atoms with Crippen molar-refractivity contribution in [1.82, 2.24) is 9.80 Å². The van der Waals surface area contributed by atoms with Gasteiger partial charge in [-0.25, -0.2) is 4.79 Å². The second kappa shape index (κ2) is 5.66. The van der Waals surface area contributed by atoms with Gasteiger partial charge in [-0.15, -0.1) is 6.58 Å². The molecule has 6 nitrogen and oxygen atoms in total. The molecule has 6 heteroatoms. The van der Waals surface area contributed by atoms with Crippen LogP contribution in [0.3, 0.4) is 0 Å². The highest BCUT2D eigenvalue weighted by Crippen LogP contribution is 2.12. The standard InChI is InChI=1S/C12H18N2O4/c1-4-9(12(17)18)14-6-5-13(7-8(2)3)10(15)11(14)16/h4,8-9H,1,5-7H2,2-3H3,(H,17,18)/t9-/m1/s1. The van der Waals surface area contributed by atoms with Gasteiger partial charge in [-0.3, -0.25) is 9.59 Å². The molecule has 0 aromatic heterocycles. The fraction of sp³-hybridized carbons (Fsp3) is 0.583. The first-order valence-electron chi connectivity index (χ1n) is 5.83. The first-order valence-corrected chi connectivity index (χ1v) is 5.83. The molecule has 0 radical (unpaired) electrons. The molecule has 1 aliphatic heterocycles. The van der Waals surface area contributed by atoms with E-state index in [-0.39, 0.29) is 12.5 Å². The van der Waals surface area contributed by atoms with Crippen LogP contribution in [0.25, 0.3) is 0 Å². The fourth-order valence-corrected chi connectivity index (χ4v) is 1.93. The van der Waals surface area contributed by atoms with Gasteiger partial charge in [-0.2, -0.15) is 0 Å². The lowest BCUT2D eigenvalue weighted by Crippen LogP contribution is -2.59. The molecule has 0 aromatic carbocycles. The molecule has 0 spiro atoms. The number of carboxylic acid groups (broad SMARTS) is 1. The molecule has 1 aliphatic rings. The number of aliphatic carboxylic acids is 1. The van der Waals surface area contributed by atoms with Crippen LogP contribution in [0.4, 0.5) is 0 Å². The van der Waals surface area contributed by atoms with Crippen LogP contribution in [0.2, 0.25) is 0 Å². The van der Waals surface area contributed by atoms with Crippen molar-refractivity contribution in [3.05, 3.63) is 12.7 Å². The van der Waals surface area contributed by atoms with Crippen LogP contribution in [0.5, 0.6) is 0 Å². The van der Waals surface area contributed by atoms with Crippen LogP contribution in [0, 0.1) is 5.92 Å². The predicted octanol–water partition coefficient (Wildman–Crippen LogP) is -0.0476. The van der Waals surface area contributed by atoms with Crippen molar-refractivity contribution in [2.24, 2.45) is 5.92 Å². The average molecular weight is 254 g/mol. The number of piperazine rings is 1. The number of carboxylic acids is 1. The lowest BCUT2D eigenvalue weighted by molar-refractivity contribution is -0.161. The normalized spacial score (nSPS) is 18.2. The molecular weight excluding hydrogens is 236 g/mol. The number of hydrogen-bond acceptors (Lipinski definition) is 3. The van der Waals surface area contributed by atoms with Crippen LogP contribution in [0.15, 0.2) is 12.7 Å². The zero-order valence-electron chi connectivity index (χ0n) is 10.6. The maximum Gasteiger partial charge on any atom is 0.330 e. The second-order valence-electron chi connectivity index (χ2n) is 4.66. The Morgan fingerprint density at radius 1 is 1.39 bits per heavy atom. The molecule has 100 valence electrons. The van der Waals surface area contributed by atoms with Crippen molar-refractivity contribution in [3.8, 4) is 0 Å². The van der Waals surface area contributed by atoms with Crippen LogP contribution < -0.4 is 0 Å². The maximum absolute atomic E-state index is 11.8. The van der Waals surface area contributed by atoms with Gasteiger partial charge < -0.3 is 14.9 Å². The van der Waals surface area contributed by atoms with E-state index in [0.29, 0.717) is 13.1 Å². The molecule has 2 amide bonds. The summed E-state index contributed by atoms with van der Waals surface area (Å²) in [6, 6.07) is -1.14. The largest absolute Gasteiger partial charge is 0.479 e. The third kappa shape index (κ3) is 2.88. The third-order valence-corrected chi connectivity index (χ3v) is 2.74. The Hall–Kier alpha value is -1.85. The Bertz CT molecular complexity index is 378. The van der Waals surface area contributed by atoms with Gasteiger partial charge in [0.25, 0.3) is 0 Å². The summed E-state index contributed by atoms with van der Waals surface area (Å²) in [6.07, 6.45) is 1.16. The summed E-state index contributed by atoms with van der Waals surface area (Å²) in [4.78, 5) is 37.1. The quantitative estimate of drug-likeness (QED) is 0.551. The number of hydrogen-bond donors (Lipinski definition) is 1. The predicted molar refractivity (Wildman–Crippen MR) is 64.8 cm³/mol. The van der Waals surface area contributed by atoms with E-state index in [1.165, 1.54) is 4.90 Å². The highest BCUT2D eigenvalue weighted by Gasteiger charge is 2.37. The van der Waals surface area contributed by atoms with Crippen molar-refractivity contribution < 1.29 is 19.5 Å². The summed E-state index contributed by atoms with van der Waals surface area (Å²) >= 11 is 0. The Kier molecular flexibility index (Phi) is 4.47. The molecule has 1 rings (SSSR count). The highest BCUT2D eigenvalue weighted by atomic mass is 16.4. The third-order valence-electron chi connectivity index (χ3n) is 2.74. The van der Waals surface area contributed by atoms with Crippen LogP contribution in [-0.2, 0) is 14.4 Å². The number of carbonyl (C=O) groups excluding carboxylic acids is 2. The first kappa shape index (κ1) is 14.2. The zero-order valence-corrected chi connectivity index (χ0v) is 10.6. The van der Waals surface area contributed by atoms with Gasteiger partial charge in [-0.1, -0.05) is 19.9 Å². The number of carbonyl (C=O) groups is 3. The molecule has 0 saturated carbocycles. The summed E-state index contributed by atoms with van der Waals surface area (Å²) in [6.45, 7) is 8.38. The van der Waals surface area contributed by atoms with Gasteiger partial charge in [0.1, 0.15) is 6.04 Å². The minimum absolute atomic E-state index is 0.223. The molecule has 1 heterocycles. The summed E-state index contributed by atoms with van der Waals surface area (Å²) in [5.41, 5.74) is 0. The van der Waals surface area contributed by atoms with Crippen LogP contribution in [0.1, 0.15) is 13.8 Å². The smallest absolute Gasteiger partial charge is 0.330 e. The second-order valence-corrected chi connectivity index (χ2v) is 4.66. The van der Waals surface area contributed by atoms with Crippen molar-refractivity contribution in [2.45, 2.75) is 19.9 Å². The van der Waals surface area contributed by atoms with Crippen molar-refractivity contribution in [1.29, 1.82) is 0 Å². The van der Waals surface area contributed by atoms with E-state index >= 15 is 0 Å². The van der Waals surface area contributed by atoms with Gasteiger partial charge in [0.2, 0.25) is 0 Å². The fourth-order valence-electron chi connectivity index (χ4n) is 1.93. The Morgan fingerprint density at radius 2 is 2.00 bits per heavy atom. The Balaban J connectivity index is 2.80. The van der Waals surface area contributed by atoms with Crippen molar-refractivity contribution in [3.63, 3.8) is 0 Å². The average Bonchev–Trinajstić information content (AvgIpc) is 2.28. The molecule has 0 bridgehead atoms. The van der Waals surface area contributed by atoms with E-state index < -0.39 is 23.8 Å². The highest BCUT2D eigenvalue weighted by molar-refractivity contribution is 6.35. The summed E-state index contributed by atoms with van der Waals surface area (Å²) in [5, 5.41) is 8.95. The SMILES string of the molecule is C=C[C@H](C(=O)O)N1CCN(CC(C)C)C(=O)C1=O. The molecular formula is C12H18N2O4. The maximum atomic E-state index is 11.8. The first-order chi connectivity index (χ1) is 8.38. The van der Waals surface area contributed by atoms with E-state index in [0.717, 1.165) is 11.0 Å². The van der Waals surface area contributed by atoms with Crippen molar-refractivity contribution in [2.75, 3.05) is 19.6 Å². The van der Waals surface area contributed by atoms with Crippen LogP contribution >= 0.6 is 0 Å². The summed E-state index contributed by atoms with van der Waals surface area (Å²) in [7, 11) is 0. The molecule has 0 unspecified atom stereocenters. The van der Waals surface area contributed by atoms with Gasteiger partial charge in [0.15, 0.2) is 0 Å². The molecule has 1 saturated heterocycles. The van der Waals surface area contributed by atoms with Gasteiger partial charge >= 0.3 is 17.8 Å². The monoisotopic (exact) mass is 254 g/mol. The van der Waals surface area contributed by atoms with E-state index in [1.807, 2.05) is 13.8 Å². The number of amides is 2. The molecule has 18 heavy (non-hydrogen) atoms. The molecule has 1 fully saturated rings. The van der Waals surface area contributed by atoms with Gasteiger partial charge in [0.05, 0.1) is 0 Å². The Labute approximate surface area is 106 Å². The summed E-state index contributed by atoms with van der Waals surface area (Å²) < 4.78 is 0.